The van der Waals surface area contributed by atoms with Gasteiger partial charge in [-0.3, -0.25) is 14.4 Å². The zero-order valence-electron chi connectivity index (χ0n) is 16.3. The van der Waals surface area contributed by atoms with Crippen molar-refractivity contribution in [1.82, 2.24) is 0 Å². The number of hydrogen-bond acceptors (Lipinski definition) is 5. The second-order valence-corrected chi connectivity index (χ2v) is 8.89. The first-order chi connectivity index (χ1) is 11.5. The SMILES string of the molecule is C[C@@H]1O[C@@H](O)[C@H](C(C)(C)C(=O)O)[C@H](C(C)(C)C(=O)O)[C@@H]1C(C)(C)C(=O)O. The summed E-state index contributed by atoms with van der Waals surface area (Å²) in [6.45, 7) is 10.1. The molecule has 150 valence electrons. The van der Waals surface area contributed by atoms with Gasteiger partial charge in [-0.05, 0) is 54.4 Å². The zero-order chi connectivity index (χ0) is 20.8. The van der Waals surface area contributed by atoms with E-state index in [-0.39, 0.29) is 0 Å². The van der Waals surface area contributed by atoms with Crippen LogP contribution in [0.2, 0.25) is 0 Å². The third-order valence-electron chi connectivity index (χ3n) is 6.09. The summed E-state index contributed by atoms with van der Waals surface area (Å²) in [7, 11) is 0. The van der Waals surface area contributed by atoms with Crippen LogP contribution in [0.1, 0.15) is 48.5 Å². The first kappa shape index (κ1) is 22.4. The molecule has 5 atom stereocenters. The van der Waals surface area contributed by atoms with Gasteiger partial charge in [-0.1, -0.05) is 0 Å². The minimum atomic E-state index is -1.54. The van der Waals surface area contributed by atoms with Gasteiger partial charge in [0.25, 0.3) is 0 Å². The molecule has 1 rings (SSSR count). The fourth-order valence-corrected chi connectivity index (χ4v) is 4.25. The highest BCUT2D eigenvalue weighted by Crippen LogP contribution is 2.56. The largest absolute Gasteiger partial charge is 0.481 e. The Bertz CT molecular complexity index is 554. The number of aliphatic carboxylic acids is 3. The van der Waals surface area contributed by atoms with E-state index in [1.54, 1.807) is 6.92 Å². The molecular weight excluding hydrogens is 344 g/mol. The minimum absolute atomic E-state index is 0.777. The third-order valence-corrected chi connectivity index (χ3v) is 6.09. The van der Waals surface area contributed by atoms with Crippen molar-refractivity contribution in [1.29, 1.82) is 0 Å². The van der Waals surface area contributed by atoms with Crippen molar-refractivity contribution < 1.29 is 39.5 Å². The molecule has 0 bridgehead atoms. The van der Waals surface area contributed by atoms with Crippen molar-refractivity contribution >= 4 is 17.9 Å². The molecule has 0 spiro atoms. The van der Waals surface area contributed by atoms with Gasteiger partial charge in [-0.2, -0.15) is 0 Å². The molecule has 8 heteroatoms. The Kier molecular flexibility index (Phi) is 5.86. The summed E-state index contributed by atoms with van der Waals surface area (Å²) in [6, 6.07) is 0. The van der Waals surface area contributed by atoms with E-state index in [1.807, 2.05) is 0 Å². The Hall–Kier alpha value is -1.67. The van der Waals surface area contributed by atoms with Gasteiger partial charge in [0.2, 0.25) is 0 Å². The zero-order valence-corrected chi connectivity index (χ0v) is 16.3. The van der Waals surface area contributed by atoms with Crippen LogP contribution in [0.4, 0.5) is 0 Å². The predicted octanol–water partition coefficient (Wildman–Crippen LogP) is 1.90. The fraction of sp³-hybridized carbons (Fsp3) is 0.833. The van der Waals surface area contributed by atoms with Gasteiger partial charge in [0.1, 0.15) is 0 Å². The number of aliphatic hydroxyl groups excluding tert-OH is 1. The van der Waals surface area contributed by atoms with Crippen LogP contribution in [0, 0.1) is 34.0 Å². The molecule has 26 heavy (non-hydrogen) atoms. The van der Waals surface area contributed by atoms with Crippen LogP contribution in [-0.2, 0) is 19.1 Å². The second-order valence-electron chi connectivity index (χ2n) is 8.89. The van der Waals surface area contributed by atoms with Crippen molar-refractivity contribution in [3.63, 3.8) is 0 Å². The van der Waals surface area contributed by atoms with E-state index in [1.165, 1.54) is 41.5 Å². The van der Waals surface area contributed by atoms with Crippen LogP contribution < -0.4 is 0 Å². The van der Waals surface area contributed by atoms with E-state index in [0.29, 0.717) is 0 Å². The highest BCUT2D eigenvalue weighted by molar-refractivity contribution is 5.78. The van der Waals surface area contributed by atoms with Crippen molar-refractivity contribution in [3.05, 3.63) is 0 Å². The molecular formula is C18H30O8. The van der Waals surface area contributed by atoms with Crippen molar-refractivity contribution in [3.8, 4) is 0 Å². The maximum atomic E-state index is 12.0. The lowest BCUT2D eigenvalue weighted by Crippen LogP contribution is -2.63. The standard InChI is InChI=1S/C18H30O8/c1-8-9(16(2,3)13(20)21)10(17(4,5)14(22)23)11(12(19)26-8)18(6,7)15(24)25/h8-12,19H,1-7H3,(H,20,21)(H,22,23)(H,24,25)/t8-,9+,10+,11+,12+/m0/s1. The Morgan fingerprint density at radius 2 is 1.00 bits per heavy atom. The Morgan fingerprint density at radius 1 is 0.692 bits per heavy atom. The quantitative estimate of drug-likeness (QED) is 0.552. The Labute approximate surface area is 153 Å². The predicted molar refractivity (Wildman–Crippen MR) is 91.3 cm³/mol. The summed E-state index contributed by atoms with van der Waals surface area (Å²) >= 11 is 0. The number of carbonyl (C=O) groups is 3. The highest BCUT2D eigenvalue weighted by atomic mass is 16.6. The maximum absolute atomic E-state index is 12.0. The molecule has 0 radical (unpaired) electrons. The topological polar surface area (TPSA) is 141 Å². The van der Waals surface area contributed by atoms with E-state index in [2.05, 4.69) is 0 Å². The lowest BCUT2D eigenvalue weighted by Gasteiger charge is -2.56. The maximum Gasteiger partial charge on any atom is 0.309 e. The van der Waals surface area contributed by atoms with Gasteiger partial charge in [-0.15, -0.1) is 0 Å². The molecule has 0 saturated carbocycles. The first-order valence-electron chi connectivity index (χ1n) is 8.54. The molecule has 0 aromatic carbocycles. The monoisotopic (exact) mass is 374 g/mol. The van der Waals surface area contributed by atoms with E-state index in [9.17, 15) is 34.8 Å². The van der Waals surface area contributed by atoms with Gasteiger partial charge in [0.15, 0.2) is 6.29 Å². The lowest BCUT2D eigenvalue weighted by molar-refractivity contribution is -0.280. The summed E-state index contributed by atoms with van der Waals surface area (Å²) < 4.78 is 5.53. The second kappa shape index (κ2) is 6.81. The third kappa shape index (κ3) is 3.44. The van der Waals surface area contributed by atoms with Gasteiger partial charge >= 0.3 is 17.9 Å². The number of carboxylic acid groups (broad SMARTS) is 3. The molecule has 1 fully saturated rings. The summed E-state index contributed by atoms with van der Waals surface area (Å²) in [5.74, 6) is -6.48. The van der Waals surface area contributed by atoms with E-state index >= 15 is 0 Å². The molecule has 1 heterocycles. The molecule has 0 aromatic rings. The van der Waals surface area contributed by atoms with Crippen LogP contribution >= 0.6 is 0 Å². The summed E-state index contributed by atoms with van der Waals surface area (Å²) in [4.78, 5) is 35.7. The molecule has 4 N–H and O–H groups in total. The minimum Gasteiger partial charge on any atom is -0.481 e. The number of rotatable bonds is 6. The Morgan fingerprint density at radius 3 is 1.35 bits per heavy atom. The summed E-state index contributed by atoms with van der Waals surface area (Å²) in [5, 5.41) is 39.7. The van der Waals surface area contributed by atoms with E-state index in [4.69, 9.17) is 4.74 Å². The molecule has 0 amide bonds. The first-order valence-corrected chi connectivity index (χ1v) is 8.54. The Balaban J connectivity index is 3.76. The van der Waals surface area contributed by atoms with Crippen molar-refractivity contribution in [2.75, 3.05) is 0 Å². The van der Waals surface area contributed by atoms with E-state index < -0.39 is 64.3 Å². The van der Waals surface area contributed by atoms with Gasteiger partial charge < -0.3 is 25.2 Å². The molecule has 0 aliphatic carbocycles. The molecule has 0 unspecified atom stereocenters. The lowest BCUT2D eigenvalue weighted by atomic mass is 9.51. The molecule has 1 aliphatic heterocycles. The number of aliphatic hydroxyl groups is 1. The molecule has 8 nitrogen and oxygen atoms in total. The summed E-state index contributed by atoms with van der Waals surface area (Å²) in [6.07, 6.45) is -2.30. The van der Waals surface area contributed by atoms with Gasteiger partial charge in [0.05, 0.1) is 22.3 Å². The van der Waals surface area contributed by atoms with Gasteiger partial charge in [-0.25, -0.2) is 0 Å². The van der Waals surface area contributed by atoms with Crippen molar-refractivity contribution in [2.24, 2.45) is 34.0 Å². The van der Waals surface area contributed by atoms with Crippen LogP contribution in [-0.4, -0.2) is 50.7 Å². The van der Waals surface area contributed by atoms with Crippen LogP contribution in [0.25, 0.3) is 0 Å². The fourth-order valence-electron chi connectivity index (χ4n) is 4.25. The molecule has 0 aromatic heterocycles. The van der Waals surface area contributed by atoms with Crippen LogP contribution in [0.15, 0.2) is 0 Å². The molecule has 1 aliphatic rings. The summed E-state index contributed by atoms with van der Waals surface area (Å²) in [5.41, 5.74) is -4.43. The average molecular weight is 374 g/mol. The van der Waals surface area contributed by atoms with E-state index in [0.717, 1.165) is 0 Å². The highest BCUT2D eigenvalue weighted by Gasteiger charge is 2.63. The normalized spacial score (nSPS) is 30.7. The van der Waals surface area contributed by atoms with Gasteiger partial charge in [0, 0.05) is 11.8 Å². The number of hydrogen-bond donors (Lipinski definition) is 4. The number of carboxylic acids is 3. The average Bonchev–Trinajstić information content (AvgIpc) is 2.44. The van der Waals surface area contributed by atoms with Crippen molar-refractivity contribution in [2.45, 2.75) is 60.9 Å². The number of ether oxygens (including phenoxy) is 1. The smallest absolute Gasteiger partial charge is 0.309 e. The van der Waals surface area contributed by atoms with Crippen LogP contribution in [0.5, 0.6) is 0 Å². The van der Waals surface area contributed by atoms with Crippen LogP contribution in [0.3, 0.4) is 0 Å². The molecule has 1 saturated heterocycles.